The van der Waals surface area contributed by atoms with Gasteiger partial charge in [0.1, 0.15) is 5.75 Å². The second kappa shape index (κ2) is 10.0. The van der Waals surface area contributed by atoms with E-state index in [0.717, 1.165) is 31.2 Å². The minimum atomic E-state index is -0.205. The normalized spacial score (nSPS) is 12.1. The molecule has 0 amide bonds. The van der Waals surface area contributed by atoms with Crippen molar-refractivity contribution in [2.75, 3.05) is 6.54 Å². The van der Waals surface area contributed by atoms with Gasteiger partial charge in [0.2, 0.25) is 0 Å². The number of carbonyl (C=O) groups excluding carboxylic acids is 1. The number of hydrogen-bond acceptors (Lipinski definition) is 3. The molecule has 0 aliphatic rings. The highest BCUT2D eigenvalue weighted by atomic mass is 16.5. The highest BCUT2D eigenvalue weighted by Crippen LogP contribution is 2.22. The average Bonchev–Trinajstić information content (AvgIpc) is 2.73. The van der Waals surface area contributed by atoms with Crippen LogP contribution in [-0.4, -0.2) is 18.6 Å². The van der Waals surface area contributed by atoms with Gasteiger partial charge >= 0.3 is 5.97 Å². The molecule has 0 bridgehead atoms. The third-order valence-electron chi connectivity index (χ3n) is 5.01. The van der Waals surface area contributed by atoms with Crippen LogP contribution in [0, 0.1) is 0 Å². The van der Waals surface area contributed by atoms with Gasteiger partial charge in [0, 0.05) is 12.5 Å². The predicted molar refractivity (Wildman–Crippen MR) is 116 cm³/mol. The number of fused-ring (bicyclic) bond motifs is 1. The Balaban J connectivity index is 1.48. The van der Waals surface area contributed by atoms with Gasteiger partial charge in [0.05, 0.1) is 0 Å². The molecule has 1 unspecified atom stereocenters. The first-order valence-corrected chi connectivity index (χ1v) is 10.1. The van der Waals surface area contributed by atoms with Crippen LogP contribution in [0.2, 0.25) is 0 Å². The second-order valence-electron chi connectivity index (χ2n) is 7.30. The molecule has 3 aromatic rings. The third kappa shape index (κ3) is 5.93. The maximum absolute atomic E-state index is 11.4. The summed E-state index contributed by atoms with van der Waals surface area (Å²) in [4.78, 5) is 11.4. The fourth-order valence-corrected chi connectivity index (χ4v) is 3.29. The fraction of sp³-hybridized carbons (Fsp3) is 0.320. The SMILES string of the molecule is CCC(=O)Oc1ccc2cc(CCNC(C)CCc3ccccc3)ccc2c1. The van der Waals surface area contributed by atoms with Crippen LogP contribution in [0.5, 0.6) is 5.75 Å². The van der Waals surface area contributed by atoms with E-state index in [1.54, 1.807) is 6.92 Å². The summed E-state index contributed by atoms with van der Waals surface area (Å²) in [5.41, 5.74) is 2.71. The molecule has 0 radical (unpaired) electrons. The largest absolute Gasteiger partial charge is 0.427 e. The van der Waals surface area contributed by atoms with E-state index < -0.39 is 0 Å². The van der Waals surface area contributed by atoms with Crippen LogP contribution in [0.4, 0.5) is 0 Å². The molecular formula is C25H29NO2. The molecule has 0 saturated carbocycles. The Morgan fingerprint density at radius 3 is 2.46 bits per heavy atom. The van der Waals surface area contributed by atoms with E-state index in [0.29, 0.717) is 18.2 Å². The molecule has 146 valence electrons. The smallest absolute Gasteiger partial charge is 0.310 e. The second-order valence-corrected chi connectivity index (χ2v) is 7.30. The van der Waals surface area contributed by atoms with Crippen LogP contribution in [-0.2, 0) is 17.6 Å². The number of aryl methyl sites for hydroxylation is 1. The lowest BCUT2D eigenvalue weighted by atomic mass is 10.0. The molecule has 3 aromatic carbocycles. The Bertz CT molecular complexity index is 905. The number of rotatable bonds is 9. The van der Waals surface area contributed by atoms with Crippen molar-refractivity contribution in [1.82, 2.24) is 5.32 Å². The summed E-state index contributed by atoms with van der Waals surface area (Å²) in [6.45, 7) is 5.02. The molecule has 1 N–H and O–H groups in total. The summed E-state index contributed by atoms with van der Waals surface area (Å²) >= 11 is 0. The van der Waals surface area contributed by atoms with Gasteiger partial charge in [-0.05, 0) is 66.8 Å². The highest BCUT2D eigenvalue weighted by Gasteiger charge is 2.05. The minimum Gasteiger partial charge on any atom is -0.427 e. The minimum absolute atomic E-state index is 0.205. The van der Waals surface area contributed by atoms with E-state index in [2.05, 4.69) is 60.8 Å². The number of hydrogen-bond donors (Lipinski definition) is 1. The molecule has 0 aromatic heterocycles. The van der Waals surface area contributed by atoms with Crippen LogP contribution >= 0.6 is 0 Å². The van der Waals surface area contributed by atoms with Crippen LogP contribution in [0.25, 0.3) is 10.8 Å². The number of nitrogens with one attached hydrogen (secondary N) is 1. The van der Waals surface area contributed by atoms with Gasteiger partial charge in [-0.3, -0.25) is 4.79 Å². The molecule has 1 atom stereocenters. The number of esters is 1. The van der Waals surface area contributed by atoms with E-state index in [1.807, 2.05) is 18.2 Å². The topological polar surface area (TPSA) is 38.3 Å². The lowest BCUT2D eigenvalue weighted by Crippen LogP contribution is -2.28. The Morgan fingerprint density at radius 1 is 0.929 bits per heavy atom. The molecule has 3 nitrogen and oxygen atoms in total. The summed E-state index contributed by atoms with van der Waals surface area (Å²) in [7, 11) is 0. The lowest BCUT2D eigenvalue weighted by Gasteiger charge is -2.14. The Labute approximate surface area is 167 Å². The van der Waals surface area contributed by atoms with Gasteiger partial charge in [-0.2, -0.15) is 0 Å². The molecule has 28 heavy (non-hydrogen) atoms. The van der Waals surface area contributed by atoms with Crippen LogP contribution < -0.4 is 10.1 Å². The van der Waals surface area contributed by atoms with Gasteiger partial charge in [-0.15, -0.1) is 0 Å². The first-order valence-electron chi connectivity index (χ1n) is 10.1. The van der Waals surface area contributed by atoms with Gasteiger partial charge in [-0.1, -0.05) is 61.5 Å². The van der Waals surface area contributed by atoms with Gasteiger partial charge in [-0.25, -0.2) is 0 Å². The van der Waals surface area contributed by atoms with Crippen molar-refractivity contribution in [2.24, 2.45) is 0 Å². The van der Waals surface area contributed by atoms with E-state index >= 15 is 0 Å². The maximum Gasteiger partial charge on any atom is 0.310 e. The summed E-state index contributed by atoms with van der Waals surface area (Å²) in [6.07, 6.45) is 3.63. The van der Waals surface area contributed by atoms with Crippen LogP contribution in [0.1, 0.15) is 37.8 Å². The van der Waals surface area contributed by atoms with E-state index in [9.17, 15) is 4.79 Å². The first kappa shape index (κ1) is 20.1. The van der Waals surface area contributed by atoms with Crippen molar-refractivity contribution in [1.29, 1.82) is 0 Å². The van der Waals surface area contributed by atoms with Crippen LogP contribution in [0.15, 0.2) is 66.7 Å². The molecule has 3 heteroatoms. The van der Waals surface area contributed by atoms with E-state index in [4.69, 9.17) is 4.74 Å². The standard InChI is InChI=1S/C25H29NO2/c1-3-25(27)28-24-14-13-22-17-21(11-12-23(22)18-24)15-16-26-19(2)9-10-20-7-5-4-6-8-20/h4-8,11-14,17-19,26H,3,9-10,15-16H2,1-2H3. The molecule has 0 spiro atoms. The molecule has 0 aliphatic heterocycles. The predicted octanol–water partition coefficient (Wildman–Crippen LogP) is 5.31. The maximum atomic E-state index is 11.4. The third-order valence-corrected chi connectivity index (χ3v) is 5.01. The molecule has 0 aliphatic carbocycles. The molecule has 3 rings (SSSR count). The zero-order valence-corrected chi connectivity index (χ0v) is 16.8. The van der Waals surface area contributed by atoms with Gasteiger partial charge < -0.3 is 10.1 Å². The molecule has 0 saturated heterocycles. The Morgan fingerprint density at radius 2 is 1.68 bits per heavy atom. The quantitative estimate of drug-likeness (QED) is 0.407. The summed E-state index contributed by atoms with van der Waals surface area (Å²) < 4.78 is 5.30. The van der Waals surface area contributed by atoms with Crippen molar-refractivity contribution in [2.45, 2.75) is 45.6 Å². The summed E-state index contributed by atoms with van der Waals surface area (Å²) in [6, 6.07) is 23.4. The highest BCUT2D eigenvalue weighted by molar-refractivity contribution is 5.85. The van der Waals surface area contributed by atoms with E-state index in [-0.39, 0.29) is 5.97 Å². The van der Waals surface area contributed by atoms with Crippen molar-refractivity contribution in [3.63, 3.8) is 0 Å². The number of benzene rings is 3. The molecule has 0 heterocycles. The fourth-order valence-electron chi connectivity index (χ4n) is 3.29. The van der Waals surface area contributed by atoms with Crippen molar-refractivity contribution < 1.29 is 9.53 Å². The lowest BCUT2D eigenvalue weighted by molar-refractivity contribution is -0.134. The first-order chi connectivity index (χ1) is 13.6. The summed E-state index contributed by atoms with van der Waals surface area (Å²) in [5, 5.41) is 5.89. The monoisotopic (exact) mass is 375 g/mol. The zero-order valence-electron chi connectivity index (χ0n) is 16.8. The van der Waals surface area contributed by atoms with Crippen molar-refractivity contribution in [3.8, 4) is 5.75 Å². The Hall–Kier alpha value is -2.65. The molecular weight excluding hydrogens is 346 g/mol. The van der Waals surface area contributed by atoms with Crippen LogP contribution in [0.3, 0.4) is 0 Å². The van der Waals surface area contributed by atoms with Crippen molar-refractivity contribution in [3.05, 3.63) is 77.9 Å². The number of carbonyl (C=O) groups is 1. The zero-order chi connectivity index (χ0) is 19.8. The van der Waals surface area contributed by atoms with E-state index in [1.165, 1.54) is 16.5 Å². The molecule has 0 fully saturated rings. The van der Waals surface area contributed by atoms with Gasteiger partial charge in [0.15, 0.2) is 0 Å². The Kier molecular flexibility index (Phi) is 7.21. The van der Waals surface area contributed by atoms with Gasteiger partial charge in [0.25, 0.3) is 0 Å². The van der Waals surface area contributed by atoms with Crippen molar-refractivity contribution >= 4 is 16.7 Å². The number of ether oxygens (including phenoxy) is 1. The summed E-state index contributed by atoms with van der Waals surface area (Å²) in [5.74, 6) is 0.407. The average molecular weight is 376 g/mol.